The highest BCUT2D eigenvalue weighted by Gasteiger charge is 2.15. The molecule has 7 N–H and O–H groups in total. The summed E-state index contributed by atoms with van der Waals surface area (Å²) in [6.45, 7) is 3.87. The molecule has 1 aromatic heterocycles. The average Bonchev–Trinajstić information content (AvgIpc) is 2.73. The molecule has 0 aliphatic rings. The maximum absolute atomic E-state index is 9.41. The first kappa shape index (κ1) is 22.3. The minimum Gasteiger partial charge on any atom is -0.489 e. The summed E-state index contributed by atoms with van der Waals surface area (Å²) >= 11 is 0. The summed E-state index contributed by atoms with van der Waals surface area (Å²) in [5, 5.41) is 18.0. The summed E-state index contributed by atoms with van der Waals surface area (Å²) < 4.78 is 5.87. The summed E-state index contributed by atoms with van der Waals surface area (Å²) in [6.07, 6.45) is 3.04. The van der Waals surface area contributed by atoms with Crippen LogP contribution in [0.5, 0.6) is 5.75 Å². The standard InChI is InChI=1S/C22H27N7O/c1-13(9-23)19(14(2)25)12-30-17-5-6-20(26)18(8-17)21(27)16-7-15(10-24)22(28-11-16)29(3)4/h5-9,11,27H,12,23,25-26H2,1-4H3/b13-9-,19-14-,27-21?. The zero-order valence-corrected chi connectivity index (χ0v) is 17.7. The molecule has 0 amide bonds. The Bertz CT molecular complexity index is 1060. The first-order chi connectivity index (χ1) is 14.2. The Balaban J connectivity index is 2.34. The highest BCUT2D eigenvalue weighted by Crippen LogP contribution is 2.25. The molecule has 2 rings (SSSR count). The van der Waals surface area contributed by atoms with Crippen molar-refractivity contribution >= 4 is 17.2 Å². The monoisotopic (exact) mass is 405 g/mol. The van der Waals surface area contributed by atoms with Gasteiger partial charge in [0.05, 0.1) is 11.3 Å². The smallest absolute Gasteiger partial charge is 0.146 e. The number of hydrogen-bond acceptors (Lipinski definition) is 8. The van der Waals surface area contributed by atoms with Crippen molar-refractivity contribution in [1.82, 2.24) is 4.98 Å². The fraction of sp³-hybridized carbons (Fsp3) is 0.227. The maximum atomic E-state index is 9.41. The van der Waals surface area contributed by atoms with Gasteiger partial charge in [0.2, 0.25) is 0 Å². The molecule has 156 valence electrons. The van der Waals surface area contributed by atoms with Crippen molar-refractivity contribution in [2.75, 3.05) is 31.3 Å². The number of nitrogens with two attached hydrogens (primary N) is 3. The van der Waals surface area contributed by atoms with Gasteiger partial charge in [0, 0.05) is 48.4 Å². The van der Waals surface area contributed by atoms with Crippen LogP contribution >= 0.6 is 0 Å². The van der Waals surface area contributed by atoms with Crippen LogP contribution in [0.4, 0.5) is 11.5 Å². The van der Waals surface area contributed by atoms with Gasteiger partial charge in [-0.15, -0.1) is 0 Å². The molecule has 0 bridgehead atoms. The number of nitrogens with zero attached hydrogens (tertiary/aromatic N) is 3. The fourth-order valence-electron chi connectivity index (χ4n) is 2.82. The van der Waals surface area contributed by atoms with Gasteiger partial charge in [-0.25, -0.2) is 4.98 Å². The van der Waals surface area contributed by atoms with Gasteiger partial charge in [-0.1, -0.05) is 0 Å². The average molecular weight is 406 g/mol. The minimum atomic E-state index is 0.149. The van der Waals surface area contributed by atoms with Gasteiger partial charge >= 0.3 is 0 Å². The molecule has 1 heterocycles. The van der Waals surface area contributed by atoms with Gasteiger partial charge in [-0.05, 0) is 49.9 Å². The molecule has 0 aliphatic heterocycles. The lowest BCUT2D eigenvalue weighted by Crippen LogP contribution is -2.14. The highest BCUT2D eigenvalue weighted by atomic mass is 16.5. The zero-order chi connectivity index (χ0) is 22.4. The number of benzene rings is 1. The van der Waals surface area contributed by atoms with E-state index in [1.807, 2.05) is 6.92 Å². The quantitative estimate of drug-likeness (QED) is 0.314. The largest absolute Gasteiger partial charge is 0.489 e. The molecule has 30 heavy (non-hydrogen) atoms. The summed E-state index contributed by atoms with van der Waals surface area (Å²) in [5.41, 5.74) is 21.8. The number of allylic oxidation sites excluding steroid dienone is 1. The van der Waals surface area contributed by atoms with E-state index in [1.54, 1.807) is 56.4 Å². The topological polar surface area (TPSA) is 151 Å². The van der Waals surface area contributed by atoms with E-state index in [0.717, 1.165) is 11.1 Å². The Morgan fingerprint density at radius 3 is 2.57 bits per heavy atom. The van der Waals surface area contributed by atoms with Crippen molar-refractivity contribution in [2.45, 2.75) is 13.8 Å². The minimum absolute atomic E-state index is 0.149. The molecular weight excluding hydrogens is 378 g/mol. The van der Waals surface area contributed by atoms with Crippen LogP contribution in [0.2, 0.25) is 0 Å². The molecule has 0 saturated carbocycles. The summed E-state index contributed by atoms with van der Waals surface area (Å²) in [6, 6.07) is 8.84. The lowest BCUT2D eigenvalue weighted by Gasteiger charge is -2.16. The third-order valence-corrected chi connectivity index (χ3v) is 4.58. The number of pyridine rings is 1. The summed E-state index contributed by atoms with van der Waals surface area (Å²) in [4.78, 5) is 6.05. The molecule has 8 heteroatoms. The normalized spacial score (nSPS) is 12.0. The Labute approximate surface area is 176 Å². The second-order valence-corrected chi connectivity index (χ2v) is 7.03. The second kappa shape index (κ2) is 9.47. The molecule has 0 fully saturated rings. The number of anilines is 2. The zero-order valence-electron chi connectivity index (χ0n) is 17.7. The predicted octanol–water partition coefficient (Wildman–Crippen LogP) is 2.49. The van der Waals surface area contributed by atoms with Crippen LogP contribution in [-0.2, 0) is 0 Å². The van der Waals surface area contributed by atoms with E-state index < -0.39 is 0 Å². The fourth-order valence-corrected chi connectivity index (χ4v) is 2.82. The highest BCUT2D eigenvalue weighted by molar-refractivity contribution is 6.14. The van der Waals surface area contributed by atoms with Gasteiger partial charge in [-0.3, -0.25) is 5.41 Å². The van der Waals surface area contributed by atoms with Gasteiger partial charge in [0.25, 0.3) is 0 Å². The SMILES string of the molecule is CC(=C/N)/C(COc1ccc(N)c(C(=N)c2cnc(N(C)C)c(C#N)c2)c1)=C(/C)N. The maximum Gasteiger partial charge on any atom is 0.146 e. The van der Waals surface area contributed by atoms with Crippen molar-refractivity contribution in [1.29, 1.82) is 10.7 Å². The van der Waals surface area contributed by atoms with Crippen LogP contribution in [0.3, 0.4) is 0 Å². The molecule has 0 aliphatic carbocycles. The van der Waals surface area contributed by atoms with Crippen LogP contribution in [0, 0.1) is 16.7 Å². The Morgan fingerprint density at radius 2 is 2.00 bits per heavy atom. The summed E-state index contributed by atoms with van der Waals surface area (Å²) in [5.74, 6) is 1.07. The molecule has 0 saturated heterocycles. The van der Waals surface area contributed by atoms with Crippen molar-refractivity contribution in [2.24, 2.45) is 11.5 Å². The predicted molar refractivity (Wildman–Crippen MR) is 120 cm³/mol. The molecule has 8 nitrogen and oxygen atoms in total. The number of nitrogen functional groups attached to an aromatic ring is 1. The lowest BCUT2D eigenvalue weighted by atomic mass is 10.0. The first-order valence-corrected chi connectivity index (χ1v) is 9.22. The summed E-state index contributed by atoms with van der Waals surface area (Å²) in [7, 11) is 3.61. The number of aromatic nitrogens is 1. The van der Waals surface area contributed by atoms with E-state index in [2.05, 4.69) is 11.1 Å². The number of hydrogen-bond donors (Lipinski definition) is 4. The Morgan fingerprint density at radius 1 is 1.30 bits per heavy atom. The molecule has 1 aromatic carbocycles. The van der Waals surface area contributed by atoms with Crippen molar-refractivity contribution in [3.05, 3.63) is 70.2 Å². The van der Waals surface area contributed by atoms with E-state index in [9.17, 15) is 5.26 Å². The van der Waals surface area contributed by atoms with Crippen molar-refractivity contribution < 1.29 is 4.74 Å². The Kier molecular flexibility index (Phi) is 7.04. The molecule has 2 aromatic rings. The molecular formula is C22H27N7O. The van der Waals surface area contributed by atoms with Crippen LogP contribution in [0.1, 0.15) is 30.5 Å². The van der Waals surface area contributed by atoms with Crippen LogP contribution in [0.25, 0.3) is 0 Å². The second-order valence-electron chi connectivity index (χ2n) is 7.03. The van der Waals surface area contributed by atoms with Crippen molar-refractivity contribution in [3.63, 3.8) is 0 Å². The molecule has 0 spiro atoms. The van der Waals surface area contributed by atoms with E-state index in [0.29, 0.717) is 39.6 Å². The number of ether oxygens (including phenoxy) is 1. The number of nitriles is 1. The number of nitrogens with one attached hydrogen (secondary N) is 1. The van der Waals surface area contributed by atoms with Crippen LogP contribution in [-0.4, -0.2) is 31.4 Å². The van der Waals surface area contributed by atoms with Crippen molar-refractivity contribution in [3.8, 4) is 11.8 Å². The van der Waals surface area contributed by atoms with Gasteiger partial charge in [0.1, 0.15) is 24.2 Å². The molecule has 0 radical (unpaired) electrons. The van der Waals surface area contributed by atoms with Crippen LogP contribution < -0.4 is 26.8 Å². The molecule has 0 atom stereocenters. The number of rotatable bonds is 7. The third-order valence-electron chi connectivity index (χ3n) is 4.58. The van der Waals surface area contributed by atoms with E-state index >= 15 is 0 Å². The molecule has 0 unspecified atom stereocenters. The Hall–Kier alpha value is -3.99. The lowest BCUT2D eigenvalue weighted by molar-refractivity contribution is 0.352. The van der Waals surface area contributed by atoms with E-state index in [4.69, 9.17) is 27.3 Å². The van der Waals surface area contributed by atoms with Gasteiger partial charge in [-0.2, -0.15) is 5.26 Å². The van der Waals surface area contributed by atoms with E-state index in [-0.39, 0.29) is 12.3 Å². The van der Waals surface area contributed by atoms with Gasteiger partial charge < -0.3 is 26.8 Å². The van der Waals surface area contributed by atoms with E-state index in [1.165, 1.54) is 6.20 Å². The first-order valence-electron chi connectivity index (χ1n) is 9.22. The van der Waals surface area contributed by atoms with Gasteiger partial charge in [0.15, 0.2) is 0 Å². The third kappa shape index (κ3) is 4.89. The van der Waals surface area contributed by atoms with Crippen LogP contribution in [0.15, 0.2) is 53.5 Å².